The van der Waals surface area contributed by atoms with Gasteiger partial charge in [0.05, 0.1) is 5.56 Å². The summed E-state index contributed by atoms with van der Waals surface area (Å²) in [5.41, 5.74) is -0.661. The molecule has 1 unspecified atom stereocenters. The molecular weight excluding hydrogens is 253 g/mol. The molecule has 0 spiro atoms. The molecule has 0 amide bonds. The Morgan fingerprint density at radius 3 is 2.63 bits per heavy atom. The van der Waals surface area contributed by atoms with Crippen molar-refractivity contribution in [3.8, 4) is 0 Å². The zero-order valence-electron chi connectivity index (χ0n) is 11.4. The Hall–Kier alpha value is -1.26. The molecule has 0 fully saturated rings. The molecule has 5 heteroatoms. The Morgan fingerprint density at radius 1 is 1.32 bits per heavy atom. The number of aromatic nitrogens is 1. The predicted octanol–water partition coefficient (Wildman–Crippen LogP) is 4.73. The zero-order chi connectivity index (χ0) is 14.3. The third kappa shape index (κ3) is 5.49. The van der Waals surface area contributed by atoms with Gasteiger partial charge >= 0.3 is 6.18 Å². The fraction of sp³-hybridized carbons (Fsp3) is 0.643. The van der Waals surface area contributed by atoms with Crippen molar-refractivity contribution in [1.82, 2.24) is 4.98 Å². The highest BCUT2D eigenvalue weighted by atomic mass is 19.4. The lowest BCUT2D eigenvalue weighted by molar-refractivity contribution is -0.137. The first-order valence-electron chi connectivity index (χ1n) is 6.74. The van der Waals surface area contributed by atoms with Crippen LogP contribution in [0.25, 0.3) is 0 Å². The minimum absolute atomic E-state index is 0.296. The van der Waals surface area contributed by atoms with Gasteiger partial charge in [-0.15, -0.1) is 0 Å². The Morgan fingerprint density at radius 2 is 2.05 bits per heavy atom. The molecular formula is C14H21F3N2. The quantitative estimate of drug-likeness (QED) is 0.777. The van der Waals surface area contributed by atoms with Crippen molar-refractivity contribution in [1.29, 1.82) is 0 Å². The standard InChI is InChI=1S/C14H21F3N2/c1-3-5-6-11(4-2)10-19-13-9-12(7-8-18-13)14(15,16)17/h7-9,11H,3-6,10H2,1-2H3,(H,18,19). The third-order valence-corrected chi connectivity index (χ3v) is 3.20. The van der Waals surface area contributed by atoms with Gasteiger partial charge in [-0.25, -0.2) is 4.98 Å². The van der Waals surface area contributed by atoms with Crippen molar-refractivity contribution in [3.63, 3.8) is 0 Å². The van der Waals surface area contributed by atoms with Gasteiger partial charge in [0.1, 0.15) is 5.82 Å². The first-order chi connectivity index (χ1) is 8.97. The molecule has 1 aromatic rings. The lowest BCUT2D eigenvalue weighted by atomic mass is 9.99. The zero-order valence-corrected chi connectivity index (χ0v) is 11.4. The number of halogens is 3. The Balaban J connectivity index is 2.57. The number of nitrogens with one attached hydrogen (secondary N) is 1. The van der Waals surface area contributed by atoms with Crippen molar-refractivity contribution < 1.29 is 13.2 Å². The first kappa shape index (κ1) is 15.8. The van der Waals surface area contributed by atoms with E-state index in [1.54, 1.807) is 0 Å². The number of hydrogen-bond donors (Lipinski definition) is 1. The number of hydrogen-bond acceptors (Lipinski definition) is 2. The van der Waals surface area contributed by atoms with E-state index in [0.29, 0.717) is 18.3 Å². The number of alkyl halides is 3. The van der Waals surface area contributed by atoms with Crippen LogP contribution in [-0.2, 0) is 6.18 Å². The predicted molar refractivity (Wildman–Crippen MR) is 71.0 cm³/mol. The van der Waals surface area contributed by atoms with Crippen LogP contribution >= 0.6 is 0 Å². The van der Waals surface area contributed by atoms with Crippen molar-refractivity contribution >= 4 is 5.82 Å². The average Bonchev–Trinajstić information content (AvgIpc) is 2.38. The van der Waals surface area contributed by atoms with Gasteiger partial charge in [0.2, 0.25) is 0 Å². The molecule has 1 atom stereocenters. The number of anilines is 1. The minimum atomic E-state index is -4.31. The van der Waals surface area contributed by atoms with E-state index < -0.39 is 11.7 Å². The van der Waals surface area contributed by atoms with Crippen LogP contribution in [0.3, 0.4) is 0 Å². The fourth-order valence-corrected chi connectivity index (χ4v) is 1.90. The summed E-state index contributed by atoms with van der Waals surface area (Å²) < 4.78 is 37.6. The molecule has 19 heavy (non-hydrogen) atoms. The summed E-state index contributed by atoms with van der Waals surface area (Å²) in [5.74, 6) is 0.779. The molecule has 0 aliphatic carbocycles. The minimum Gasteiger partial charge on any atom is -0.370 e. The van der Waals surface area contributed by atoms with Crippen LogP contribution in [0.15, 0.2) is 18.3 Å². The maximum atomic E-state index is 12.5. The van der Waals surface area contributed by atoms with Gasteiger partial charge in [-0.2, -0.15) is 13.2 Å². The van der Waals surface area contributed by atoms with Crippen molar-refractivity contribution in [2.24, 2.45) is 5.92 Å². The lowest BCUT2D eigenvalue weighted by Gasteiger charge is -2.16. The van der Waals surface area contributed by atoms with E-state index in [-0.39, 0.29) is 0 Å². The van der Waals surface area contributed by atoms with E-state index in [2.05, 4.69) is 24.1 Å². The van der Waals surface area contributed by atoms with Crippen LogP contribution in [0.4, 0.5) is 19.0 Å². The van der Waals surface area contributed by atoms with Crippen molar-refractivity contribution in [3.05, 3.63) is 23.9 Å². The van der Waals surface area contributed by atoms with Crippen molar-refractivity contribution in [2.45, 2.75) is 45.7 Å². The molecule has 0 saturated heterocycles. The van der Waals surface area contributed by atoms with Gasteiger partial charge < -0.3 is 5.32 Å². The number of rotatable bonds is 7. The van der Waals surface area contributed by atoms with Crippen LogP contribution in [0.2, 0.25) is 0 Å². The Kier molecular flexibility index (Phi) is 6.12. The van der Waals surface area contributed by atoms with Gasteiger partial charge in [0, 0.05) is 12.7 Å². The maximum Gasteiger partial charge on any atom is 0.416 e. The fourth-order valence-electron chi connectivity index (χ4n) is 1.90. The molecule has 0 aliphatic rings. The second-order valence-electron chi connectivity index (χ2n) is 4.72. The summed E-state index contributed by atoms with van der Waals surface area (Å²) in [4.78, 5) is 3.93. The lowest BCUT2D eigenvalue weighted by Crippen LogP contribution is -2.15. The number of pyridine rings is 1. The summed E-state index contributed by atoms with van der Waals surface area (Å²) in [6.45, 7) is 4.90. The van der Waals surface area contributed by atoms with Gasteiger partial charge in [0.25, 0.3) is 0 Å². The summed E-state index contributed by atoms with van der Waals surface area (Å²) in [6, 6.07) is 2.05. The molecule has 1 rings (SSSR count). The Labute approximate surface area is 112 Å². The van der Waals surface area contributed by atoms with E-state index in [9.17, 15) is 13.2 Å². The van der Waals surface area contributed by atoms with Gasteiger partial charge in [-0.05, 0) is 24.5 Å². The molecule has 1 N–H and O–H groups in total. The largest absolute Gasteiger partial charge is 0.416 e. The highest BCUT2D eigenvalue weighted by Crippen LogP contribution is 2.30. The molecule has 0 saturated carbocycles. The Bertz CT molecular complexity index is 377. The summed E-state index contributed by atoms with van der Waals surface area (Å²) >= 11 is 0. The van der Waals surface area contributed by atoms with Crippen LogP contribution in [0, 0.1) is 5.92 Å². The van der Waals surface area contributed by atoms with E-state index in [1.165, 1.54) is 6.20 Å². The summed E-state index contributed by atoms with van der Waals surface area (Å²) in [7, 11) is 0. The number of unbranched alkanes of at least 4 members (excludes halogenated alkanes) is 1. The summed E-state index contributed by atoms with van der Waals surface area (Å²) in [6.07, 6.45) is 1.28. The second-order valence-corrected chi connectivity index (χ2v) is 4.72. The molecule has 108 valence electrons. The van der Waals surface area contributed by atoms with E-state index >= 15 is 0 Å². The highest BCUT2D eigenvalue weighted by molar-refractivity contribution is 5.38. The van der Waals surface area contributed by atoms with E-state index in [4.69, 9.17) is 0 Å². The van der Waals surface area contributed by atoms with Crippen LogP contribution in [0.1, 0.15) is 45.1 Å². The molecule has 0 aromatic carbocycles. The maximum absolute atomic E-state index is 12.5. The average molecular weight is 274 g/mol. The van der Waals surface area contributed by atoms with Crippen LogP contribution in [-0.4, -0.2) is 11.5 Å². The molecule has 2 nitrogen and oxygen atoms in total. The summed E-state index contributed by atoms with van der Waals surface area (Å²) in [5, 5.41) is 3.01. The van der Waals surface area contributed by atoms with Crippen molar-refractivity contribution in [2.75, 3.05) is 11.9 Å². The van der Waals surface area contributed by atoms with Gasteiger partial charge in [-0.1, -0.05) is 33.1 Å². The monoisotopic (exact) mass is 274 g/mol. The van der Waals surface area contributed by atoms with E-state index in [0.717, 1.165) is 37.8 Å². The van der Waals surface area contributed by atoms with Gasteiger partial charge in [0.15, 0.2) is 0 Å². The van der Waals surface area contributed by atoms with Crippen LogP contribution < -0.4 is 5.32 Å². The van der Waals surface area contributed by atoms with Crippen LogP contribution in [0.5, 0.6) is 0 Å². The smallest absolute Gasteiger partial charge is 0.370 e. The molecule has 0 radical (unpaired) electrons. The topological polar surface area (TPSA) is 24.9 Å². The van der Waals surface area contributed by atoms with E-state index in [1.807, 2.05) is 0 Å². The first-order valence-corrected chi connectivity index (χ1v) is 6.74. The molecule has 0 aliphatic heterocycles. The highest BCUT2D eigenvalue weighted by Gasteiger charge is 2.30. The molecule has 1 aromatic heterocycles. The molecule has 1 heterocycles. The number of nitrogens with zero attached hydrogens (tertiary/aromatic N) is 1. The third-order valence-electron chi connectivity index (χ3n) is 3.20. The van der Waals surface area contributed by atoms with Gasteiger partial charge in [-0.3, -0.25) is 0 Å². The normalized spacial score (nSPS) is 13.3. The molecule has 0 bridgehead atoms. The SMILES string of the molecule is CCCCC(CC)CNc1cc(C(F)(F)F)ccn1. The second kappa shape index (κ2) is 7.36.